The second-order valence-corrected chi connectivity index (χ2v) is 17.9. The van der Waals surface area contributed by atoms with E-state index in [0.29, 0.717) is 17.2 Å². The standard InChI is InChI=1S/C43H44P2/c1-29-15-10-16-30(2)42(29)44(43-31(3)17-11-18-32(43)4)33(5)36-25-14-28-39(36)45(40-26-12-21-34-19-6-8-23-37(34)40)41-27-13-22-35-20-7-9-24-38(35)41/h6-13,15-24,26-27,33,36,39H,14,25,28H2,1-5H3/t33-,36?,39?/m0/s1. The number of hydrogen-bond donors (Lipinski definition) is 0. The average Bonchev–Trinajstić information content (AvgIpc) is 3.53. The van der Waals surface area contributed by atoms with Crippen LogP contribution in [0.1, 0.15) is 48.4 Å². The summed E-state index contributed by atoms with van der Waals surface area (Å²) in [6.45, 7) is 12.0. The smallest absolute Gasteiger partial charge is 0.00939 e. The molecule has 3 atom stereocenters. The van der Waals surface area contributed by atoms with Gasteiger partial charge in [-0.2, -0.15) is 0 Å². The Hall–Kier alpha value is -3.30. The van der Waals surface area contributed by atoms with E-state index in [2.05, 4.69) is 156 Å². The van der Waals surface area contributed by atoms with Crippen LogP contribution >= 0.6 is 15.8 Å². The minimum atomic E-state index is -0.606. The van der Waals surface area contributed by atoms with Crippen molar-refractivity contribution in [3.8, 4) is 0 Å². The first-order valence-electron chi connectivity index (χ1n) is 16.6. The summed E-state index contributed by atoms with van der Waals surface area (Å²) in [7, 11) is -1.16. The summed E-state index contributed by atoms with van der Waals surface area (Å²) in [6, 6.07) is 46.2. The molecule has 0 nitrogen and oxygen atoms in total. The van der Waals surface area contributed by atoms with Gasteiger partial charge in [0.15, 0.2) is 0 Å². The Bertz CT molecular complexity index is 1810. The number of hydrogen-bond acceptors (Lipinski definition) is 0. The molecule has 0 heterocycles. The van der Waals surface area contributed by atoms with Crippen molar-refractivity contribution in [3.05, 3.63) is 144 Å². The van der Waals surface area contributed by atoms with Crippen molar-refractivity contribution in [2.24, 2.45) is 5.92 Å². The molecule has 0 bridgehead atoms. The molecule has 45 heavy (non-hydrogen) atoms. The van der Waals surface area contributed by atoms with E-state index < -0.39 is 15.8 Å². The topological polar surface area (TPSA) is 0 Å². The van der Waals surface area contributed by atoms with Gasteiger partial charge in [-0.25, -0.2) is 0 Å². The Morgan fingerprint density at radius 1 is 0.511 bits per heavy atom. The average molecular weight is 623 g/mol. The highest BCUT2D eigenvalue weighted by molar-refractivity contribution is 7.75. The minimum absolute atomic E-state index is 0.554. The predicted molar refractivity (Wildman–Crippen MR) is 203 cm³/mol. The van der Waals surface area contributed by atoms with Crippen molar-refractivity contribution in [2.75, 3.05) is 0 Å². The Balaban J connectivity index is 1.43. The second-order valence-electron chi connectivity index (χ2n) is 13.1. The van der Waals surface area contributed by atoms with Gasteiger partial charge in [0.05, 0.1) is 0 Å². The SMILES string of the molecule is Cc1cccc(C)c1P(c1c(C)cccc1C)[C@@H](C)C1CCCC1P(c1cccc2ccccc12)c1cccc2ccccc12. The summed E-state index contributed by atoms with van der Waals surface area (Å²) in [5.74, 6) is 0.651. The fraction of sp³-hybridized carbons (Fsp3) is 0.256. The fourth-order valence-electron chi connectivity index (χ4n) is 8.26. The molecular weight excluding hydrogens is 578 g/mol. The lowest BCUT2D eigenvalue weighted by atomic mass is 10.0. The summed E-state index contributed by atoms with van der Waals surface area (Å²) in [4.78, 5) is 0. The van der Waals surface area contributed by atoms with E-state index in [4.69, 9.17) is 0 Å². The zero-order valence-corrected chi connectivity index (χ0v) is 29.1. The number of rotatable bonds is 7. The fourth-order valence-corrected chi connectivity index (χ4v) is 15.6. The molecule has 0 N–H and O–H groups in total. The van der Waals surface area contributed by atoms with Crippen molar-refractivity contribution in [1.29, 1.82) is 0 Å². The van der Waals surface area contributed by atoms with Crippen molar-refractivity contribution in [2.45, 2.75) is 65.2 Å². The van der Waals surface area contributed by atoms with E-state index in [-0.39, 0.29) is 0 Å². The molecule has 6 aromatic rings. The van der Waals surface area contributed by atoms with Gasteiger partial charge in [0.25, 0.3) is 0 Å². The Kier molecular flexibility index (Phi) is 8.66. The molecule has 0 saturated heterocycles. The largest absolute Gasteiger partial charge is 0.0617 e. The van der Waals surface area contributed by atoms with Crippen LogP contribution in [-0.4, -0.2) is 11.3 Å². The molecule has 0 radical (unpaired) electrons. The maximum atomic E-state index is 2.63. The molecule has 6 aromatic carbocycles. The molecule has 1 saturated carbocycles. The van der Waals surface area contributed by atoms with Crippen LogP contribution in [0.15, 0.2) is 121 Å². The first kappa shape index (κ1) is 30.4. The molecule has 2 unspecified atom stereocenters. The van der Waals surface area contributed by atoms with Crippen LogP contribution in [0.25, 0.3) is 21.5 Å². The van der Waals surface area contributed by atoms with Crippen molar-refractivity contribution < 1.29 is 0 Å². The van der Waals surface area contributed by atoms with Crippen molar-refractivity contribution >= 4 is 58.6 Å². The van der Waals surface area contributed by atoms with Gasteiger partial charge in [-0.15, -0.1) is 0 Å². The van der Waals surface area contributed by atoms with Gasteiger partial charge in [0.2, 0.25) is 0 Å². The molecule has 7 rings (SSSR count). The maximum Gasteiger partial charge on any atom is -0.00939 e. The van der Waals surface area contributed by atoms with Gasteiger partial charge in [0.1, 0.15) is 0 Å². The van der Waals surface area contributed by atoms with Gasteiger partial charge in [-0.3, -0.25) is 0 Å². The summed E-state index contributed by atoms with van der Waals surface area (Å²) >= 11 is 0. The zero-order chi connectivity index (χ0) is 31.1. The molecule has 1 aliphatic carbocycles. The summed E-state index contributed by atoms with van der Waals surface area (Å²) in [5, 5.41) is 11.9. The third-order valence-electron chi connectivity index (χ3n) is 10.3. The molecule has 2 heteroatoms. The van der Waals surface area contributed by atoms with Gasteiger partial charge in [-0.05, 0) is 139 Å². The van der Waals surface area contributed by atoms with Crippen LogP contribution in [0, 0.1) is 33.6 Å². The lowest BCUT2D eigenvalue weighted by molar-refractivity contribution is 0.548. The Morgan fingerprint density at radius 3 is 1.42 bits per heavy atom. The van der Waals surface area contributed by atoms with E-state index in [9.17, 15) is 0 Å². The van der Waals surface area contributed by atoms with Crippen LogP contribution in [0.3, 0.4) is 0 Å². The third-order valence-corrected chi connectivity index (χ3v) is 17.0. The lowest BCUT2D eigenvalue weighted by Crippen LogP contribution is -2.35. The summed E-state index contributed by atoms with van der Waals surface area (Å²) in [6.07, 6.45) is 3.93. The van der Waals surface area contributed by atoms with Crippen molar-refractivity contribution in [1.82, 2.24) is 0 Å². The van der Waals surface area contributed by atoms with Gasteiger partial charge < -0.3 is 0 Å². The summed E-state index contributed by atoms with van der Waals surface area (Å²) in [5.41, 5.74) is 7.02. The number of benzene rings is 6. The van der Waals surface area contributed by atoms with E-state index in [1.165, 1.54) is 63.1 Å². The van der Waals surface area contributed by atoms with Crippen LogP contribution in [0.5, 0.6) is 0 Å². The van der Waals surface area contributed by atoms with Gasteiger partial charge in [0, 0.05) is 0 Å². The minimum Gasteiger partial charge on any atom is -0.0617 e. The van der Waals surface area contributed by atoms with Crippen LogP contribution in [-0.2, 0) is 0 Å². The Labute approximate surface area is 272 Å². The normalized spacial score (nSPS) is 17.5. The molecule has 226 valence electrons. The van der Waals surface area contributed by atoms with Gasteiger partial charge >= 0.3 is 0 Å². The second kappa shape index (κ2) is 12.8. The quantitative estimate of drug-likeness (QED) is 0.155. The highest BCUT2D eigenvalue weighted by Gasteiger charge is 2.42. The zero-order valence-electron chi connectivity index (χ0n) is 27.3. The van der Waals surface area contributed by atoms with Crippen LogP contribution in [0.2, 0.25) is 0 Å². The van der Waals surface area contributed by atoms with Gasteiger partial charge in [-0.1, -0.05) is 135 Å². The molecule has 0 spiro atoms. The molecular formula is C43H44P2. The molecule has 0 amide bonds. The summed E-state index contributed by atoms with van der Waals surface area (Å²) < 4.78 is 0. The molecule has 0 aliphatic heterocycles. The number of fused-ring (bicyclic) bond motifs is 2. The van der Waals surface area contributed by atoms with E-state index in [0.717, 1.165) is 0 Å². The highest BCUT2D eigenvalue weighted by Crippen LogP contribution is 2.58. The number of aryl methyl sites for hydroxylation is 4. The Morgan fingerprint density at radius 2 is 0.933 bits per heavy atom. The molecule has 1 aliphatic rings. The van der Waals surface area contributed by atoms with Crippen molar-refractivity contribution in [3.63, 3.8) is 0 Å². The predicted octanol–water partition coefficient (Wildman–Crippen LogP) is 10.3. The lowest BCUT2D eigenvalue weighted by Gasteiger charge is -2.39. The first-order chi connectivity index (χ1) is 21.9. The van der Waals surface area contributed by atoms with Crippen LogP contribution in [0.4, 0.5) is 0 Å². The van der Waals surface area contributed by atoms with E-state index >= 15 is 0 Å². The third kappa shape index (κ3) is 5.56. The maximum absolute atomic E-state index is 2.63. The van der Waals surface area contributed by atoms with Crippen LogP contribution < -0.4 is 21.2 Å². The molecule has 0 aromatic heterocycles. The monoisotopic (exact) mass is 622 g/mol. The molecule has 1 fully saturated rings. The van der Waals surface area contributed by atoms with E-state index in [1.54, 1.807) is 21.2 Å². The van der Waals surface area contributed by atoms with E-state index in [1.807, 2.05) is 0 Å². The highest BCUT2D eigenvalue weighted by atomic mass is 31.1. The first-order valence-corrected chi connectivity index (χ1v) is 19.4.